The van der Waals surface area contributed by atoms with Crippen molar-refractivity contribution >= 4 is 19.9 Å². The molecule has 1 amide bonds. The van der Waals surface area contributed by atoms with Crippen LogP contribution in [-0.2, 0) is 16.3 Å². The second kappa shape index (κ2) is 9.75. The highest BCUT2D eigenvalue weighted by molar-refractivity contribution is 6.76. The average Bonchev–Trinajstić information content (AvgIpc) is 3.21. The second-order valence-electron chi connectivity index (χ2n) is 9.46. The van der Waals surface area contributed by atoms with E-state index in [0.717, 1.165) is 18.0 Å². The quantitative estimate of drug-likeness (QED) is 0.372. The Morgan fingerprint density at radius 1 is 1.09 bits per heavy atom. The lowest BCUT2D eigenvalue weighted by Gasteiger charge is -2.31. The maximum atomic E-state index is 13.1. The van der Waals surface area contributed by atoms with E-state index in [2.05, 4.69) is 41.9 Å². The van der Waals surface area contributed by atoms with E-state index < -0.39 is 8.07 Å². The number of hydrogen-bond acceptors (Lipinski definition) is 5. The van der Waals surface area contributed by atoms with E-state index in [0.29, 0.717) is 31.3 Å². The van der Waals surface area contributed by atoms with Crippen molar-refractivity contribution in [1.29, 1.82) is 0 Å². The van der Waals surface area contributed by atoms with E-state index in [1.807, 2.05) is 30.3 Å². The van der Waals surface area contributed by atoms with Gasteiger partial charge >= 0.3 is 0 Å². The predicted octanol–water partition coefficient (Wildman–Crippen LogP) is 4.56. The molecule has 3 aromatic rings. The highest BCUT2D eigenvalue weighted by Crippen LogP contribution is 2.31. The Morgan fingerprint density at radius 2 is 1.84 bits per heavy atom. The van der Waals surface area contributed by atoms with Gasteiger partial charge in [-0.1, -0.05) is 50.0 Å². The molecule has 1 fully saturated rings. The van der Waals surface area contributed by atoms with Crippen LogP contribution in [0.3, 0.4) is 0 Å². The molecule has 32 heavy (non-hydrogen) atoms. The SMILES string of the molecule is C[Si](C)(C)CCOCn1nc(-c2ccncc2)nc1N1CCC(c2ccccc2)CC1=O. The molecular formula is C24H31N5O2Si. The Bertz CT molecular complexity index is 1030. The smallest absolute Gasteiger partial charge is 0.233 e. The lowest BCUT2D eigenvalue weighted by Crippen LogP contribution is -2.40. The molecule has 168 valence electrons. The van der Waals surface area contributed by atoms with Gasteiger partial charge in [-0.2, -0.15) is 4.98 Å². The van der Waals surface area contributed by atoms with E-state index in [9.17, 15) is 4.79 Å². The summed E-state index contributed by atoms with van der Waals surface area (Å²) in [5.41, 5.74) is 2.09. The molecule has 0 spiro atoms. The molecule has 0 saturated carbocycles. The Labute approximate surface area is 190 Å². The van der Waals surface area contributed by atoms with Crippen molar-refractivity contribution in [3.05, 3.63) is 60.4 Å². The fourth-order valence-corrected chi connectivity index (χ4v) is 4.58. The lowest BCUT2D eigenvalue weighted by molar-refractivity contribution is -0.120. The first-order valence-corrected chi connectivity index (χ1v) is 14.9. The third-order valence-corrected chi connectivity index (χ3v) is 7.44. The van der Waals surface area contributed by atoms with Crippen LogP contribution in [0.25, 0.3) is 11.4 Å². The maximum absolute atomic E-state index is 13.1. The molecule has 4 rings (SSSR count). The summed E-state index contributed by atoms with van der Waals surface area (Å²) in [5.74, 6) is 1.45. The minimum atomic E-state index is -1.18. The van der Waals surface area contributed by atoms with Crippen molar-refractivity contribution in [2.75, 3.05) is 18.1 Å². The molecule has 0 N–H and O–H groups in total. The van der Waals surface area contributed by atoms with Crippen LogP contribution in [0.5, 0.6) is 0 Å². The molecule has 0 aliphatic carbocycles. The van der Waals surface area contributed by atoms with Crippen LogP contribution in [0.4, 0.5) is 5.95 Å². The second-order valence-corrected chi connectivity index (χ2v) is 15.1. The number of pyridine rings is 1. The van der Waals surface area contributed by atoms with Crippen LogP contribution in [0.1, 0.15) is 24.3 Å². The van der Waals surface area contributed by atoms with Crippen molar-refractivity contribution in [1.82, 2.24) is 19.7 Å². The summed E-state index contributed by atoms with van der Waals surface area (Å²) < 4.78 is 7.67. The first-order valence-electron chi connectivity index (χ1n) is 11.2. The van der Waals surface area contributed by atoms with Crippen LogP contribution in [-0.4, -0.2) is 46.9 Å². The van der Waals surface area contributed by atoms with E-state index in [1.165, 1.54) is 5.56 Å². The van der Waals surface area contributed by atoms with Gasteiger partial charge in [-0.05, 0) is 36.1 Å². The zero-order valence-electron chi connectivity index (χ0n) is 19.1. The summed E-state index contributed by atoms with van der Waals surface area (Å²) in [6, 6.07) is 15.1. The summed E-state index contributed by atoms with van der Waals surface area (Å²) >= 11 is 0. The Hall–Kier alpha value is -2.84. The van der Waals surface area contributed by atoms with Gasteiger partial charge in [0.15, 0.2) is 5.82 Å². The van der Waals surface area contributed by atoms with Gasteiger partial charge in [0, 0.05) is 45.6 Å². The third-order valence-electron chi connectivity index (χ3n) is 5.74. The van der Waals surface area contributed by atoms with Crippen LogP contribution < -0.4 is 4.90 Å². The van der Waals surface area contributed by atoms with Crippen molar-refractivity contribution < 1.29 is 9.53 Å². The first kappa shape index (κ1) is 22.4. The topological polar surface area (TPSA) is 73.1 Å². The number of anilines is 1. The molecule has 1 aromatic carbocycles. The Kier molecular flexibility index (Phi) is 6.81. The van der Waals surface area contributed by atoms with E-state index in [4.69, 9.17) is 9.72 Å². The van der Waals surface area contributed by atoms with Gasteiger partial charge in [0.1, 0.15) is 6.73 Å². The minimum absolute atomic E-state index is 0.0714. The molecule has 1 aliphatic rings. The first-order chi connectivity index (χ1) is 15.4. The molecule has 1 unspecified atom stereocenters. The van der Waals surface area contributed by atoms with E-state index in [-0.39, 0.29) is 18.6 Å². The van der Waals surface area contributed by atoms with Gasteiger partial charge in [0.2, 0.25) is 11.9 Å². The number of carbonyl (C=O) groups is 1. The number of nitrogens with zero attached hydrogens (tertiary/aromatic N) is 5. The normalized spacial score (nSPS) is 17.0. The lowest BCUT2D eigenvalue weighted by atomic mass is 9.89. The van der Waals surface area contributed by atoms with Crippen molar-refractivity contribution in [3.8, 4) is 11.4 Å². The minimum Gasteiger partial charge on any atom is -0.359 e. The van der Waals surface area contributed by atoms with Gasteiger partial charge in [-0.15, -0.1) is 5.10 Å². The number of aromatic nitrogens is 4. The molecule has 1 aliphatic heterocycles. The van der Waals surface area contributed by atoms with Gasteiger partial charge in [0.25, 0.3) is 0 Å². The largest absolute Gasteiger partial charge is 0.359 e. The van der Waals surface area contributed by atoms with Gasteiger partial charge < -0.3 is 4.74 Å². The summed E-state index contributed by atoms with van der Waals surface area (Å²) in [6.07, 6.45) is 4.80. The molecule has 0 bridgehead atoms. The Morgan fingerprint density at radius 3 is 2.53 bits per heavy atom. The molecule has 8 heteroatoms. The zero-order chi connectivity index (χ0) is 22.6. The molecule has 0 radical (unpaired) electrons. The number of ether oxygens (including phenoxy) is 1. The number of carbonyl (C=O) groups excluding carboxylic acids is 1. The van der Waals surface area contributed by atoms with Crippen LogP contribution >= 0.6 is 0 Å². The molecule has 1 saturated heterocycles. The summed E-state index contributed by atoms with van der Waals surface area (Å²) in [5, 5.41) is 4.67. The zero-order valence-corrected chi connectivity index (χ0v) is 20.1. The molecule has 2 aromatic heterocycles. The molecule has 3 heterocycles. The fourth-order valence-electron chi connectivity index (χ4n) is 3.83. The predicted molar refractivity (Wildman–Crippen MR) is 128 cm³/mol. The van der Waals surface area contributed by atoms with Crippen molar-refractivity contribution in [2.24, 2.45) is 0 Å². The number of benzene rings is 1. The molecular weight excluding hydrogens is 418 g/mol. The average molecular weight is 450 g/mol. The highest BCUT2D eigenvalue weighted by atomic mass is 28.3. The van der Waals surface area contributed by atoms with Gasteiger partial charge in [0.05, 0.1) is 0 Å². The van der Waals surface area contributed by atoms with Crippen LogP contribution in [0, 0.1) is 0 Å². The summed E-state index contributed by atoms with van der Waals surface area (Å²) in [6.45, 7) is 8.56. The number of amides is 1. The Balaban J connectivity index is 1.53. The van der Waals surface area contributed by atoms with Crippen molar-refractivity contribution in [2.45, 2.75) is 51.2 Å². The van der Waals surface area contributed by atoms with Crippen LogP contribution in [0.15, 0.2) is 54.9 Å². The van der Waals surface area contributed by atoms with Gasteiger partial charge in [-0.3, -0.25) is 14.7 Å². The summed E-state index contributed by atoms with van der Waals surface area (Å²) in [7, 11) is -1.18. The van der Waals surface area contributed by atoms with Crippen LogP contribution in [0.2, 0.25) is 25.7 Å². The van der Waals surface area contributed by atoms with Crippen molar-refractivity contribution in [3.63, 3.8) is 0 Å². The molecule has 7 nitrogen and oxygen atoms in total. The monoisotopic (exact) mass is 449 g/mol. The number of hydrogen-bond donors (Lipinski definition) is 0. The standard InChI is InChI=1S/C24H31N5O2Si/c1-32(2,3)16-15-31-18-29-24(26-23(27-29)20-9-12-25-13-10-20)28-14-11-21(17-22(28)30)19-7-5-4-6-8-19/h4-10,12-13,21H,11,14-18H2,1-3H3. The number of piperidine rings is 1. The fraction of sp³-hybridized carbons (Fsp3) is 0.417. The molecule has 1 atom stereocenters. The third kappa shape index (κ3) is 5.49. The maximum Gasteiger partial charge on any atom is 0.233 e. The summed E-state index contributed by atoms with van der Waals surface area (Å²) in [4.78, 5) is 23.7. The number of rotatable bonds is 8. The van der Waals surface area contributed by atoms with Gasteiger partial charge in [-0.25, -0.2) is 4.68 Å². The van der Waals surface area contributed by atoms with E-state index >= 15 is 0 Å². The highest BCUT2D eigenvalue weighted by Gasteiger charge is 2.31. The van der Waals surface area contributed by atoms with E-state index in [1.54, 1.807) is 22.0 Å².